The molecule has 0 aliphatic rings. The fourth-order valence-corrected chi connectivity index (χ4v) is 2.98. The largest absolute Gasteiger partial charge is 0.352 e. The summed E-state index contributed by atoms with van der Waals surface area (Å²) in [4.78, 5) is 16.0. The van der Waals surface area contributed by atoms with Crippen molar-refractivity contribution in [3.05, 3.63) is 16.1 Å². The van der Waals surface area contributed by atoms with Crippen LogP contribution in [0.25, 0.3) is 0 Å². The molecule has 1 rings (SSSR count). The molecule has 1 amide bonds. The van der Waals surface area contributed by atoms with Gasteiger partial charge in [-0.1, -0.05) is 6.92 Å². The number of thiazole rings is 1. The van der Waals surface area contributed by atoms with E-state index >= 15 is 0 Å². The molecule has 0 aliphatic heterocycles. The smallest absolute Gasteiger partial charge is 0.227 e. The number of thioether (sulfide) groups is 1. The van der Waals surface area contributed by atoms with Gasteiger partial charge in [-0.2, -0.15) is 11.8 Å². The third kappa shape index (κ3) is 5.75. The Kier molecular flexibility index (Phi) is 6.92. The highest BCUT2D eigenvalue weighted by molar-refractivity contribution is 7.99. The van der Waals surface area contributed by atoms with Crippen LogP contribution in [0.4, 0.5) is 0 Å². The van der Waals surface area contributed by atoms with Gasteiger partial charge >= 0.3 is 0 Å². The Morgan fingerprint density at radius 3 is 3.06 bits per heavy atom. The van der Waals surface area contributed by atoms with Gasteiger partial charge in [-0.05, 0) is 12.7 Å². The average Bonchev–Trinajstić information content (AvgIpc) is 2.73. The second-order valence-corrected chi connectivity index (χ2v) is 6.20. The van der Waals surface area contributed by atoms with Crippen molar-refractivity contribution in [2.24, 2.45) is 0 Å². The van der Waals surface area contributed by atoms with E-state index in [-0.39, 0.29) is 11.9 Å². The zero-order chi connectivity index (χ0) is 12.7. The number of carbonyl (C=O) groups excluding carboxylic acids is 1. The van der Waals surface area contributed by atoms with E-state index in [4.69, 9.17) is 11.6 Å². The van der Waals surface area contributed by atoms with Crippen LogP contribution in [-0.4, -0.2) is 28.4 Å². The summed E-state index contributed by atoms with van der Waals surface area (Å²) in [7, 11) is 0. The highest BCUT2D eigenvalue weighted by Gasteiger charge is 2.10. The maximum Gasteiger partial charge on any atom is 0.227 e. The molecule has 3 nitrogen and oxygen atoms in total. The Labute approximate surface area is 115 Å². The monoisotopic (exact) mass is 292 g/mol. The van der Waals surface area contributed by atoms with Gasteiger partial charge in [-0.3, -0.25) is 4.79 Å². The lowest BCUT2D eigenvalue weighted by molar-refractivity contribution is -0.120. The molecule has 1 heterocycles. The van der Waals surface area contributed by atoms with Crippen LogP contribution in [0.1, 0.15) is 24.5 Å². The topological polar surface area (TPSA) is 42.0 Å². The van der Waals surface area contributed by atoms with Crippen molar-refractivity contribution in [2.75, 3.05) is 11.5 Å². The molecule has 0 aromatic carbocycles. The van der Waals surface area contributed by atoms with Gasteiger partial charge in [-0.15, -0.1) is 22.9 Å². The lowest BCUT2D eigenvalue weighted by Gasteiger charge is -2.12. The third-order valence-corrected chi connectivity index (χ3v) is 4.34. The zero-order valence-corrected chi connectivity index (χ0v) is 12.4. The predicted molar refractivity (Wildman–Crippen MR) is 76.0 cm³/mol. The predicted octanol–water partition coefficient (Wildman–Crippen LogP) is 2.68. The van der Waals surface area contributed by atoms with Crippen LogP contribution in [0, 0.1) is 0 Å². The summed E-state index contributed by atoms with van der Waals surface area (Å²) < 4.78 is 0. The first-order valence-corrected chi connectivity index (χ1v) is 8.09. The number of hydrogen-bond acceptors (Lipinski definition) is 4. The molecule has 96 valence electrons. The maximum atomic E-state index is 11.7. The minimum absolute atomic E-state index is 0.0321. The number of aromatic nitrogens is 1. The average molecular weight is 293 g/mol. The highest BCUT2D eigenvalue weighted by Crippen LogP contribution is 2.12. The lowest BCUT2D eigenvalue weighted by atomic mass is 10.3. The molecular formula is C11H17ClN2OS2. The molecule has 0 spiro atoms. The summed E-state index contributed by atoms with van der Waals surface area (Å²) >= 11 is 8.97. The van der Waals surface area contributed by atoms with Crippen LogP contribution in [0.3, 0.4) is 0 Å². The van der Waals surface area contributed by atoms with Crippen LogP contribution in [0.2, 0.25) is 0 Å². The zero-order valence-electron chi connectivity index (χ0n) is 10.0. The van der Waals surface area contributed by atoms with E-state index in [1.165, 1.54) is 11.3 Å². The third-order valence-electron chi connectivity index (χ3n) is 2.03. The fourth-order valence-electron chi connectivity index (χ4n) is 1.29. The molecule has 0 aliphatic carbocycles. The number of carbonyl (C=O) groups is 1. The second-order valence-electron chi connectivity index (χ2n) is 3.67. The second kappa shape index (κ2) is 7.95. The first-order chi connectivity index (χ1) is 8.15. The van der Waals surface area contributed by atoms with Crippen molar-refractivity contribution >= 4 is 40.6 Å². The van der Waals surface area contributed by atoms with E-state index in [1.54, 1.807) is 0 Å². The van der Waals surface area contributed by atoms with Crippen LogP contribution >= 0.6 is 34.7 Å². The summed E-state index contributed by atoms with van der Waals surface area (Å²) in [6.07, 6.45) is 0.350. The number of nitrogens with one attached hydrogen (secondary N) is 1. The van der Waals surface area contributed by atoms with Crippen molar-refractivity contribution < 1.29 is 4.79 Å². The molecule has 1 aromatic heterocycles. The van der Waals surface area contributed by atoms with E-state index in [1.807, 2.05) is 24.1 Å². The summed E-state index contributed by atoms with van der Waals surface area (Å²) in [6.45, 7) is 4.13. The van der Waals surface area contributed by atoms with Gasteiger partial charge in [0, 0.05) is 17.2 Å². The number of amides is 1. The van der Waals surface area contributed by atoms with Crippen molar-refractivity contribution in [2.45, 2.75) is 32.2 Å². The fraction of sp³-hybridized carbons (Fsp3) is 0.636. The van der Waals surface area contributed by atoms with Gasteiger partial charge < -0.3 is 5.32 Å². The van der Waals surface area contributed by atoms with Gasteiger partial charge in [0.1, 0.15) is 5.01 Å². The van der Waals surface area contributed by atoms with E-state index < -0.39 is 0 Å². The number of hydrogen-bond donors (Lipinski definition) is 1. The van der Waals surface area contributed by atoms with Crippen LogP contribution in [0.5, 0.6) is 0 Å². The van der Waals surface area contributed by atoms with Crippen molar-refractivity contribution in [3.8, 4) is 0 Å². The standard InChI is InChI=1S/C11H17ClN2OS2/c1-3-16-6-8(2)13-10(15)4-11-14-9(5-12)7-17-11/h7-8H,3-6H2,1-2H3,(H,13,15). The van der Waals surface area contributed by atoms with Gasteiger partial charge in [0.05, 0.1) is 18.0 Å². The molecule has 0 saturated heterocycles. The van der Waals surface area contributed by atoms with Crippen LogP contribution < -0.4 is 5.32 Å². The molecular weight excluding hydrogens is 276 g/mol. The Morgan fingerprint density at radius 2 is 2.47 bits per heavy atom. The molecule has 0 bridgehead atoms. The minimum Gasteiger partial charge on any atom is -0.352 e. The Morgan fingerprint density at radius 1 is 1.71 bits per heavy atom. The highest BCUT2D eigenvalue weighted by atomic mass is 35.5. The summed E-state index contributed by atoms with van der Waals surface area (Å²) in [5, 5.41) is 5.69. The molecule has 17 heavy (non-hydrogen) atoms. The molecule has 1 unspecified atom stereocenters. The number of nitrogens with zero attached hydrogens (tertiary/aromatic N) is 1. The normalized spacial score (nSPS) is 12.4. The molecule has 0 saturated carbocycles. The first kappa shape index (κ1) is 14.8. The molecule has 1 aromatic rings. The summed E-state index contributed by atoms with van der Waals surface area (Å²) in [5.74, 6) is 2.46. The van der Waals surface area contributed by atoms with E-state index in [9.17, 15) is 4.79 Å². The van der Waals surface area contributed by atoms with Crippen LogP contribution in [-0.2, 0) is 17.1 Å². The Balaban J connectivity index is 2.33. The van der Waals surface area contributed by atoms with Gasteiger partial charge in [0.25, 0.3) is 0 Å². The van der Waals surface area contributed by atoms with E-state index in [0.29, 0.717) is 12.3 Å². The quantitative estimate of drug-likeness (QED) is 0.786. The molecule has 1 N–H and O–H groups in total. The Bertz CT molecular complexity index is 357. The SMILES string of the molecule is CCSCC(C)NC(=O)Cc1nc(CCl)cs1. The van der Waals surface area contributed by atoms with Gasteiger partial charge in [0.15, 0.2) is 0 Å². The number of halogens is 1. The van der Waals surface area contributed by atoms with Crippen molar-refractivity contribution in [1.29, 1.82) is 0 Å². The molecule has 1 atom stereocenters. The van der Waals surface area contributed by atoms with Crippen molar-refractivity contribution in [3.63, 3.8) is 0 Å². The first-order valence-electron chi connectivity index (χ1n) is 5.52. The van der Waals surface area contributed by atoms with Crippen LogP contribution in [0.15, 0.2) is 5.38 Å². The van der Waals surface area contributed by atoms with Gasteiger partial charge in [-0.25, -0.2) is 4.98 Å². The molecule has 0 fully saturated rings. The van der Waals surface area contributed by atoms with Gasteiger partial charge in [0.2, 0.25) is 5.91 Å². The summed E-state index contributed by atoms with van der Waals surface area (Å²) in [5.41, 5.74) is 0.842. The Hall–Kier alpha value is -0.260. The van der Waals surface area contributed by atoms with E-state index in [0.717, 1.165) is 22.2 Å². The molecule has 6 heteroatoms. The number of alkyl halides is 1. The van der Waals surface area contributed by atoms with E-state index in [2.05, 4.69) is 17.2 Å². The molecule has 0 radical (unpaired) electrons. The summed E-state index contributed by atoms with van der Waals surface area (Å²) in [6, 6.07) is 0.208. The minimum atomic E-state index is 0.0321. The van der Waals surface area contributed by atoms with Crippen molar-refractivity contribution in [1.82, 2.24) is 10.3 Å². The number of rotatable bonds is 7. The maximum absolute atomic E-state index is 11.7. The lowest BCUT2D eigenvalue weighted by Crippen LogP contribution is -2.35.